The van der Waals surface area contributed by atoms with E-state index in [1.54, 1.807) is 91.9 Å². The maximum Gasteiger partial charge on any atom is 0.276 e. The maximum absolute atomic E-state index is 13.5. The van der Waals surface area contributed by atoms with Crippen LogP contribution in [0.5, 0.6) is 11.5 Å². The van der Waals surface area contributed by atoms with Gasteiger partial charge in [-0.3, -0.25) is 24.5 Å². The third-order valence-electron chi connectivity index (χ3n) is 6.84. The normalized spacial score (nSPS) is 11.6. The van der Waals surface area contributed by atoms with Gasteiger partial charge in [0, 0.05) is 27.9 Å². The number of carbonyl (C=O) groups is 3. The van der Waals surface area contributed by atoms with Gasteiger partial charge < -0.3 is 20.7 Å². The lowest BCUT2D eigenvalue weighted by molar-refractivity contribution is -0.385. The number of para-hydroxylation sites is 2. The molecule has 0 saturated carbocycles. The third-order valence-corrected chi connectivity index (χ3v) is 7.93. The van der Waals surface area contributed by atoms with E-state index >= 15 is 0 Å². The molecule has 0 aliphatic carbocycles. The number of benzene rings is 5. The number of hydrogen-bond donors (Lipinski definition) is 3. The van der Waals surface area contributed by atoms with E-state index in [4.69, 9.17) is 4.74 Å². The number of nitro benzene ring substituents is 1. The molecule has 5 rings (SSSR count). The summed E-state index contributed by atoms with van der Waals surface area (Å²) in [6.07, 6.45) is 1.26. The average Bonchev–Trinajstić information content (AvgIpc) is 3.10. The minimum Gasteiger partial charge on any atom is -0.457 e. The number of nitro groups is 1. The molecule has 240 valence electrons. The summed E-state index contributed by atoms with van der Waals surface area (Å²) in [4.78, 5) is 51.2. The van der Waals surface area contributed by atoms with E-state index in [1.807, 2.05) is 30.3 Å². The summed E-state index contributed by atoms with van der Waals surface area (Å²) < 4.78 is 5.80. The number of nitrogens with one attached hydrogen (secondary N) is 3. The van der Waals surface area contributed by atoms with E-state index in [-0.39, 0.29) is 22.9 Å². The standard InChI is InChI=1S/C37H30N4O6S/c1-25(35(42)38-28-19-21-31(22-20-28)47-30-15-6-3-7-16-30)48-32-17-10-14-29(24-32)39-37(44)33(40-36(43)26-11-4-2-5-12-26)23-27-13-8-9-18-34(27)41(45)46/h2-25H,1H3,(H,38,42)(H,39,44)(H,40,43)/b33-23+. The summed E-state index contributed by atoms with van der Waals surface area (Å²) in [6.45, 7) is 1.77. The van der Waals surface area contributed by atoms with E-state index in [2.05, 4.69) is 16.0 Å². The lowest BCUT2D eigenvalue weighted by atomic mass is 10.1. The van der Waals surface area contributed by atoms with Crippen molar-refractivity contribution < 1.29 is 24.0 Å². The number of nitrogens with zero attached hydrogens (tertiary/aromatic N) is 1. The Bertz CT molecular complexity index is 1950. The molecule has 0 heterocycles. The van der Waals surface area contributed by atoms with Crippen LogP contribution in [0.2, 0.25) is 0 Å². The van der Waals surface area contributed by atoms with Crippen LogP contribution in [0, 0.1) is 10.1 Å². The predicted molar refractivity (Wildman–Crippen MR) is 187 cm³/mol. The maximum atomic E-state index is 13.5. The molecule has 10 nitrogen and oxygen atoms in total. The van der Waals surface area contributed by atoms with Gasteiger partial charge in [0.2, 0.25) is 5.91 Å². The summed E-state index contributed by atoms with van der Waals surface area (Å²) in [5.74, 6) is -0.116. The van der Waals surface area contributed by atoms with Gasteiger partial charge in [-0.05, 0) is 85.8 Å². The Morgan fingerprint density at radius 2 is 1.40 bits per heavy atom. The Balaban J connectivity index is 1.26. The number of amides is 3. The van der Waals surface area contributed by atoms with E-state index in [0.717, 1.165) is 0 Å². The molecule has 5 aromatic carbocycles. The zero-order valence-electron chi connectivity index (χ0n) is 25.7. The molecule has 0 spiro atoms. The van der Waals surface area contributed by atoms with Gasteiger partial charge in [-0.2, -0.15) is 0 Å². The van der Waals surface area contributed by atoms with Crippen molar-refractivity contribution in [3.8, 4) is 11.5 Å². The van der Waals surface area contributed by atoms with Crippen molar-refractivity contribution in [2.75, 3.05) is 10.6 Å². The van der Waals surface area contributed by atoms with Crippen LogP contribution in [-0.2, 0) is 9.59 Å². The van der Waals surface area contributed by atoms with Crippen molar-refractivity contribution in [1.29, 1.82) is 0 Å². The first-order valence-electron chi connectivity index (χ1n) is 14.8. The van der Waals surface area contributed by atoms with Crippen LogP contribution in [0.4, 0.5) is 17.1 Å². The van der Waals surface area contributed by atoms with Gasteiger partial charge in [0.15, 0.2) is 0 Å². The Kier molecular flexibility index (Phi) is 11.0. The molecule has 0 fully saturated rings. The van der Waals surface area contributed by atoms with Crippen LogP contribution in [0.1, 0.15) is 22.8 Å². The third kappa shape index (κ3) is 9.18. The smallest absolute Gasteiger partial charge is 0.276 e. The molecule has 1 unspecified atom stereocenters. The van der Waals surface area contributed by atoms with E-state index in [0.29, 0.717) is 33.3 Å². The molecule has 0 aliphatic rings. The Labute approximate surface area is 281 Å². The van der Waals surface area contributed by atoms with Crippen molar-refractivity contribution in [3.63, 3.8) is 0 Å². The number of ether oxygens (including phenoxy) is 1. The molecule has 5 aromatic rings. The highest BCUT2D eigenvalue weighted by atomic mass is 32.2. The van der Waals surface area contributed by atoms with Gasteiger partial charge in [-0.25, -0.2) is 0 Å². The molecule has 0 aliphatic heterocycles. The van der Waals surface area contributed by atoms with Crippen LogP contribution in [0.3, 0.4) is 0 Å². The lowest BCUT2D eigenvalue weighted by Crippen LogP contribution is -2.30. The highest BCUT2D eigenvalue weighted by Crippen LogP contribution is 2.28. The van der Waals surface area contributed by atoms with Crippen molar-refractivity contribution in [2.24, 2.45) is 0 Å². The van der Waals surface area contributed by atoms with Gasteiger partial charge in [0.25, 0.3) is 17.5 Å². The van der Waals surface area contributed by atoms with Crippen molar-refractivity contribution in [2.45, 2.75) is 17.1 Å². The fourth-order valence-electron chi connectivity index (χ4n) is 4.45. The van der Waals surface area contributed by atoms with Crippen molar-refractivity contribution in [3.05, 3.63) is 160 Å². The first-order valence-corrected chi connectivity index (χ1v) is 15.7. The van der Waals surface area contributed by atoms with E-state index in [1.165, 1.54) is 36.0 Å². The summed E-state index contributed by atoms with van der Waals surface area (Å²) in [7, 11) is 0. The van der Waals surface area contributed by atoms with Gasteiger partial charge in [0.1, 0.15) is 17.2 Å². The first-order chi connectivity index (χ1) is 23.2. The van der Waals surface area contributed by atoms with Gasteiger partial charge in [-0.1, -0.05) is 54.6 Å². The quantitative estimate of drug-likeness (QED) is 0.0536. The molecule has 48 heavy (non-hydrogen) atoms. The summed E-state index contributed by atoms with van der Waals surface area (Å²) in [6, 6.07) is 37.5. The zero-order valence-corrected chi connectivity index (χ0v) is 26.5. The number of anilines is 2. The van der Waals surface area contributed by atoms with Crippen LogP contribution >= 0.6 is 11.8 Å². The minimum atomic E-state index is -0.690. The second-order valence-electron chi connectivity index (χ2n) is 10.4. The monoisotopic (exact) mass is 658 g/mol. The largest absolute Gasteiger partial charge is 0.457 e. The number of thioether (sulfide) groups is 1. The Hall–Kier alpha value is -6.20. The van der Waals surface area contributed by atoms with Gasteiger partial charge >= 0.3 is 0 Å². The summed E-state index contributed by atoms with van der Waals surface area (Å²) >= 11 is 1.29. The molecule has 0 radical (unpaired) electrons. The lowest BCUT2D eigenvalue weighted by Gasteiger charge is -2.14. The van der Waals surface area contributed by atoms with Crippen LogP contribution in [-0.4, -0.2) is 27.9 Å². The van der Waals surface area contributed by atoms with E-state index < -0.39 is 22.0 Å². The average molecular weight is 659 g/mol. The molecular weight excluding hydrogens is 628 g/mol. The van der Waals surface area contributed by atoms with Crippen LogP contribution in [0.15, 0.2) is 144 Å². The van der Waals surface area contributed by atoms with Gasteiger partial charge in [0.05, 0.1) is 15.7 Å². The predicted octanol–water partition coefficient (Wildman–Crippen LogP) is 7.92. The SMILES string of the molecule is CC(Sc1cccc(NC(=O)/C(=C\c2ccccc2[N+](=O)[O-])NC(=O)c2ccccc2)c1)C(=O)Nc1ccc(Oc2ccccc2)cc1. The first kappa shape index (κ1) is 33.2. The Morgan fingerprint density at radius 3 is 2.10 bits per heavy atom. The van der Waals surface area contributed by atoms with Crippen LogP contribution in [0.25, 0.3) is 6.08 Å². The number of hydrogen-bond acceptors (Lipinski definition) is 7. The van der Waals surface area contributed by atoms with Crippen LogP contribution < -0.4 is 20.7 Å². The summed E-state index contributed by atoms with van der Waals surface area (Å²) in [5.41, 5.74) is 1.05. The molecule has 3 amide bonds. The van der Waals surface area contributed by atoms with Crippen molar-refractivity contribution in [1.82, 2.24) is 5.32 Å². The number of carbonyl (C=O) groups excluding carboxylic acids is 3. The zero-order chi connectivity index (χ0) is 33.9. The molecule has 0 saturated heterocycles. The molecule has 1 atom stereocenters. The number of rotatable bonds is 12. The van der Waals surface area contributed by atoms with E-state index in [9.17, 15) is 24.5 Å². The minimum absolute atomic E-state index is 0.142. The molecule has 0 bridgehead atoms. The second-order valence-corrected chi connectivity index (χ2v) is 11.8. The summed E-state index contributed by atoms with van der Waals surface area (Å²) in [5, 5.41) is 19.4. The highest BCUT2D eigenvalue weighted by Gasteiger charge is 2.19. The fraction of sp³-hybridized carbons (Fsp3) is 0.0541. The topological polar surface area (TPSA) is 140 Å². The fourth-order valence-corrected chi connectivity index (χ4v) is 5.38. The molecule has 3 N–H and O–H groups in total. The second kappa shape index (κ2) is 15.9. The highest BCUT2D eigenvalue weighted by molar-refractivity contribution is 8.00. The molecule has 11 heteroatoms. The molecule has 0 aromatic heterocycles. The molecular formula is C37H30N4O6S. The van der Waals surface area contributed by atoms with Crippen molar-refractivity contribution >= 4 is 52.6 Å². The Morgan fingerprint density at radius 1 is 0.750 bits per heavy atom. The van der Waals surface area contributed by atoms with Gasteiger partial charge in [-0.15, -0.1) is 11.8 Å².